The minimum atomic E-state index is -0.613. The van der Waals surface area contributed by atoms with Crippen molar-refractivity contribution in [2.75, 3.05) is 13.1 Å². The van der Waals surface area contributed by atoms with Crippen molar-refractivity contribution in [1.29, 1.82) is 0 Å². The second-order valence-electron chi connectivity index (χ2n) is 6.09. The summed E-state index contributed by atoms with van der Waals surface area (Å²) in [6, 6.07) is 12.8. The van der Waals surface area contributed by atoms with Gasteiger partial charge in [-0.1, -0.05) is 42.0 Å². The average Bonchev–Trinajstić information content (AvgIpc) is 2.60. The number of nitrogens with zero attached hydrogens (tertiary/aromatic N) is 1. The standard InChI is InChI=1S/C20H26FN3O/c1-4-22-20(23-12-16-7-10-18(21)15(3)11-16)24-13-19(25)17-8-5-14(2)6-9-17/h5-11,19,25H,4,12-13H2,1-3H3,(H2,22,23,24). The zero-order chi connectivity index (χ0) is 18.2. The van der Waals surface area contributed by atoms with E-state index in [4.69, 9.17) is 0 Å². The van der Waals surface area contributed by atoms with Gasteiger partial charge in [-0.2, -0.15) is 0 Å². The van der Waals surface area contributed by atoms with Crippen molar-refractivity contribution in [1.82, 2.24) is 10.6 Å². The lowest BCUT2D eigenvalue weighted by Crippen LogP contribution is -2.39. The Hall–Kier alpha value is -2.40. The Bertz CT molecular complexity index is 713. The fourth-order valence-electron chi connectivity index (χ4n) is 2.42. The van der Waals surface area contributed by atoms with Gasteiger partial charge in [-0.3, -0.25) is 0 Å². The number of nitrogens with one attached hydrogen (secondary N) is 2. The molecular formula is C20H26FN3O. The first-order valence-corrected chi connectivity index (χ1v) is 8.51. The first kappa shape index (κ1) is 18.9. The predicted octanol–water partition coefficient (Wildman–Crippen LogP) is 3.23. The van der Waals surface area contributed by atoms with Gasteiger partial charge in [0.05, 0.1) is 12.6 Å². The second-order valence-corrected chi connectivity index (χ2v) is 6.09. The Balaban J connectivity index is 1.97. The van der Waals surface area contributed by atoms with Crippen LogP contribution in [0.3, 0.4) is 0 Å². The number of aliphatic hydroxyl groups excluding tert-OH is 1. The molecule has 1 unspecified atom stereocenters. The maximum atomic E-state index is 13.3. The van der Waals surface area contributed by atoms with Gasteiger partial charge in [0.1, 0.15) is 5.82 Å². The Morgan fingerprint density at radius 3 is 2.48 bits per heavy atom. The van der Waals surface area contributed by atoms with E-state index in [-0.39, 0.29) is 5.82 Å². The number of aliphatic imine (C=N–C) groups is 1. The molecule has 25 heavy (non-hydrogen) atoms. The molecule has 3 N–H and O–H groups in total. The highest BCUT2D eigenvalue weighted by molar-refractivity contribution is 5.79. The number of halogens is 1. The Morgan fingerprint density at radius 1 is 1.12 bits per heavy atom. The van der Waals surface area contributed by atoms with Gasteiger partial charge < -0.3 is 15.7 Å². The van der Waals surface area contributed by atoms with E-state index >= 15 is 0 Å². The van der Waals surface area contributed by atoms with Crippen molar-refractivity contribution in [3.8, 4) is 0 Å². The van der Waals surface area contributed by atoms with Gasteiger partial charge in [0.25, 0.3) is 0 Å². The van der Waals surface area contributed by atoms with Gasteiger partial charge in [-0.05, 0) is 43.5 Å². The molecule has 0 fully saturated rings. The van der Waals surface area contributed by atoms with Gasteiger partial charge in [-0.25, -0.2) is 9.38 Å². The van der Waals surface area contributed by atoms with Crippen molar-refractivity contribution in [3.05, 3.63) is 70.5 Å². The van der Waals surface area contributed by atoms with Crippen LogP contribution in [0.2, 0.25) is 0 Å². The number of hydrogen-bond donors (Lipinski definition) is 3. The summed E-state index contributed by atoms with van der Waals surface area (Å²) in [4.78, 5) is 4.50. The molecule has 2 rings (SSSR count). The lowest BCUT2D eigenvalue weighted by Gasteiger charge is -2.16. The molecule has 0 aliphatic rings. The highest BCUT2D eigenvalue weighted by atomic mass is 19.1. The molecule has 0 aliphatic heterocycles. The molecule has 0 spiro atoms. The molecule has 0 aromatic heterocycles. The van der Waals surface area contributed by atoms with E-state index in [0.29, 0.717) is 24.6 Å². The summed E-state index contributed by atoms with van der Waals surface area (Å²) < 4.78 is 13.3. The molecule has 2 aromatic rings. The maximum Gasteiger partial charge on any atom is 0.191 e. The van der Waals surface area contributed by atoms with E-state index in [1.807, 2.05) is 38.1 Å². The minimum Gasteiger partial charge on any atom is -0.387 e. The van der Waals surface area contributed by atoms with Crippen LogP contribution in [0.15, 0.2) is 47.5 Å². The van der Waals surface area contributed by atoms with E-state index in [2.05, 4.69) is 15.6 Å². The molecule has 2 aromatic carbocycles. The van der Waals surface area contributed by atoms with Crippen LogP contribution in [0.1, 0.15) is 35.3 Å². The van der Waals surface area contributed by atoms with E-state index in [9.17, 15) is 9.50 Å². The van der Waals surface area contributed by atoms with Crippen LogP contribution in [0.4, 0.5) is 4.39 Å². The minimum absolute atomic E-state index is 0.209. The Kier molecular flexibility index (Phi) is 6.95. The fraction of sp³-hybridized carbons (Fsp3) is 0.350. The van der Waals surface area contributed by atoms with Crippen molar-refractivity contribution >= 4 is 5.96 Å². The third-order valence-corrected chi connectivity index (χ3v) is 3.91. The molecule has 134 valence electrons. The zero-order valence-corrected chi connectivity index (χ0v) is 15.0. The molecule has 0 saturated heterocycles. The van der Waals surface area contributed by atoms with Crippen molar-refractivity contribution < 1.29 is 9.50 Å². The summed E-state index contributed by atoms with van der Waals surface area (Å²) in [6.45, 7) is 7.25. The number of benzene rings is 2. The van der Waals surface area contributed by atoms with Gasteiger partial charge in [-0.15, -0.1) is 0 Å². The van der Waals surface area contributed by atoms with Crippen LogP contribution >= 0.6 is 0 Å². The average molecular weight is 343 g/mol. The molecule has 0 amide bonds. The predicted molar refractivity (Wildman–Crippen MR) is 100 cm³/mol. The molecule has 4 nitrogen and oxygen atoms in total. The monoisotopic (exact) mass is 343 g/mol. The van der Waals surface area contributed by atoms with E-state index in [1.165, 1.54) is 6.07 Å². The topological polar surface area (TPSA) is 56.7 Å². The Morgan fingerprint density at radius 2 is 1.84 bits per heavy atom. The van der Waals surface area contributed by atoms with Gasteiger partial charge in [0.15, 0.2) is 5.96 Å². The molecule has 5 heteroatoms. The summed E-state index contributed by atoms with van der Waals surface area (Å²) in [5, 5.41) is 16.6. The zero-order valence-electron chi connectivity index (χ0n) is 15.0. The number of hydrogen-bond acceptors (Lipinski definition) is 2. The van der Waals surface area contributed by atoms with Crippen molar-refractivity contribution in [2.24, 2.45) is 4.99 Å². The maximum absolute atomic E-state index is 13.3. The molecule has 0 bridgehead atoms. The summed E-state index contributed by atoms with van der Waals surface area (Å²) in [6.07, 6.45) is -0.613. The van der Waals surface area contributed by atoms with Crippen LogP contribution in [0, 0.1) is 19.7 Å². The summed E-state index contributed by atoms with van der Waals surface area (Å²) >= 11 is 0. The van der Waals surface area contributed by atoms with Gasteiger partial charge in [0, 0.05) is 13.1 Å². The third-order valence-electron chi connectivity index (χ3n) is 3.91. The second kappa shape index (κ2) is 9.18. The van der Waals surface area contributed by atoms with Crippen LogP contribution in [-0.4, -0.2) is 24.2 Å². The van der Waals surface area contributed by atoms with Crippen molar-refractivity contribution in [3.63, 3.8) is 0 Å². The fourth-order valence-corrected chi connectivity index (χ4v) is 2.42. The van der Waals surface area contributed by atoms with Gasteiger partial charge in [0.2, 0.25) is 0 Å². The molecule has 0 saturated carbocycles. The SMILES string of the molecule is CCNC(=NCc1ccc(F)c(C)c1)NCC(O)c1ccc(C)cc1. The van der Waals surface area contributed by atoms with Crippen LogP contribution in [0.5, 0.6) is 0 Å². The summed E-state index contributed by atoms with van der Waals surface area (Å²) in [5.41, 5.74) is 3.58. The third kappa shape index (κ3) is 5.87. The van der Waals surface area contributed by atoms with Crippen molar-refractivity contribution in [2.45, 2.75) is 33.4 Å². The summed E-state index contributed by atoms with van der Waals surface area (Å²) in [5.74, 6) is 0.412. The van der Waals surface area contributed by atoms with Crippen LogP contribution in [-0.2, 0) is 6.54 Å². The molecule has 1 atom stereocenters. The van der Waals surface area contributed by atoms with E-state index in [1.54, 1.807) is 19.1 Å². The summed E-state index contributed by atoms with van der Waals surface area (Å²) in [7, 11) is 0. The van der Waals surface area contributed by atoms with Crippen LogP contribution < -0.4 is 10.6 Å². The number of guanidine groups is 1. The quantitative estimate of drug-likeness (QED) is 0.557. The number of aliphatic hydroxyl groups is 1. The van der Waals surface area contributed by atoms with Gasteiger partial charge >= 0.3 is 0 Å². The molecule has 0 aliphatic carbocycles. The van der Waals surface area contributed by atoms with E-state index in [0.717, 1.165) is 23.2 Å². The normalized spacial score (nSPS) is 12.8. The smallest absolute Gasteiger partial charge is 0.191 e. The highest BCUT2D eigenvalue weighted by Gasteiger charge is 2.08. The molecule has 0 heterocycles. The number of rotatable bonds is 6. The largest absolute Gasteiger partial charge is 0.387 e. The molecule has 0 radical (unpaired) electrons. The molecular weight excluding hydrogens is 317 g/mol. The first-order valence-electron chi connectivity index (χ1n) is 8.51. The highest BCUT2D eigenvalue weighted by Crippen LogP contribution is 2.13. The lowest BCUT2D eigenvalue weighted by atomic mass is 10.1. The number of aryl methyl sites for hydroxylation is 2. The Labute approximate surface area is 148 Å². The van der Waals surface area contributed by atoms with Crippen LogP contribution in [0.25, 0.3) is 0 Å². The van der Waals surface area contributed by atoms with E-state index < -0.39 is 6.10 Å². The lowest BCUT2D eigenvalue weighted by molar-refractivity contribution is 0.181. The first-order chi connectivity index (χ1) is 12.0.